The number of hydrogen-bond donors (Lipinski definition) is 2. The highest BCUT2D eigenvalue weighted by Gasteiger charge is 2.11. The quantitative estimate of drug-likeness (QED) is 0.874. The fourth-order valence-corrected chi connectivity index (χ4v) is 2.02. The summed E-state index contributed by atoms with van der Waals surface area (Å²) in [5, 5.41) is 5.64. The lowest BCUT2D eigenvalue weighted by Crippen LogP contribution is -2.36. The van der Waals surface area contributed by atoms with E-state index in [1.165, 1.54) is 0 Å². The monoisotopic (exact) mass is 263 g/mol. The number of anilines is 2. The van der Waals surface area contributed by atoms with Crippen LogP contribution in [0.5, 0.6) is 0 Å². The molecule has 104 valence electrons. The summed E-state index contributed by atoms with van der Waals surface area (Å²) in [4.78, 5) is 13.9. The van der Waals surface area contributed by atoms with Crippen molar-refractivity contribution < 1.29 is 9.53 Å². The molecule has 0 bridgehead atoms. The number of morpholine rings is 1. The van der Waals surface area contributed by atoms with Gasteiger partial charge in [-0.25, -0.2) is 4.79 Å². The maximum Gasteiger partial charge on any atom is 0.319 e. The third-order valence-corrected chi connectivity index (χ3v) is 3.02. The third kappa shape index (κ3) is 4.13. The van der Waals surface area contributed by atoms with Crippen LogP contribution in [-0.2, 0) is 4.74 Å². The Kier molecular flexibility index (Phi) is 5.03. The first-order chi connectivity index (χ1) is 9.29. The predicted octanol–water partition coefficient (Wildman–Crippen LogP) is 2.05. The zero-order valence-corrected chi connectivity index (χ0v) is 11.3. The first-order valence-electron chi connectivity index (χ1n) is 6.77. The zero-order chi connectivity index (χ0) is 13.5. The maximum atomic E-state index is 11.6. The highest BCUT2D eigenvalue weighted by atomic mass is 16.5. The first-order valence-corrected chi connectivity index (χ1v) is 6.77. The summed E-state index contributed by atoms with van der Waals surface area (Å²) in [5.74, 6) is 0. The minimum Gasteiger partial charge on any atom is -0.378 e. The van der Waals surface area contributed by atoms with Crippen LogP contribution in [0.1, 0.15) is 13.3 Å². The van der Waals surface area contributed by atoms with E-state index < -0.39 is 0 Å². The minimum atomic E-state index is -0.152. The molecule has 2 amide bonds. The second-order valence-electron chi connectivity index (χ2n) is 4.53. The molecule has 1 aromatic rings. The molecule has 0 aliphatic carbocycles. The lowest BCUT2D eigenvalue weighted by molar-refractivity contribution is 0.122. The fraction of sp³-hybridized carbons (Fsp3) is 0.500. The van der Waals surface area contributed by atoms with Crippen molar-refractivity contribution in [3.05, 3.63) is 24.3 Å². The Morgan fingerprint density at radius 1 is 1.37 bits per heavy atom. The molecule has 19 heavy (non-hydrogen) atoms. The third-order valence-electron chi connectivity index (χ3n) is 3.02. The predicted molar refractivity (Wildman–Crippen MR) is 76.8 cm³/mol. The van der Waals surface area contributed by atoms with Crippen LogP contribution in [0.2, 0.25) is 0 Å². The average molecular weight is 263 g/mol. The Balaban J connectivity index is 1.96. The van der Waals surface area contributed by atoms with E-state index in [9.17, 15) is 4.79 Å². The molecular formula is C14H21N3O2. The van der Waals surface area contributed by atoms with Crippen LogP contribution in [-0.4, -0.2) is 38.9 Å². The smallest absolute Gasteiger partial charge is 0.319 e. The summed E-state index contributed by atoms with van der Waals surface area (Å²) < 4.78 is 5.34. The Morgan fingerprint density at radius 3 is 2.89 bits per heavy atom. The van der Waals surface area contributed by atoms with Crippen LogP contribution in [0.4, 0.5) is 16.2 Å². The Bertz CT molecular complexity index is 417. The number of carbonyl (C=O) groups excluding carboxylic acids is 1. The second kappa shape index (κ2) is 6.99. The van der Waals surface area contributed by atoms with Crippen molar-refractivity contribution in [2.24, 2.45) is 0 Å². The molecule has 0 atom stereocenters. The summed E-state index contributed by atoms with van der Waals surface area (Å²) in [5.41, 5.74) is 1.94. The molecule has 0 unspecified atom stereocenters. The number of carbonyl (C=O) groups is 1. The summed E-state index contributed by atoms with van der Waals surface area (Å²) in [6.07, 6.45) is 0.932. The van der Waals surface area contributed by atoms with Gasteiger partial charge in [-0.1, -0.05) is 13.0 Å². The standard InChI is InChI=1S/C14H21N3O2/c1-2-6-15-14(18)16-12-4-3-5-13(11-12)17-7-9-19-10-8-17/h3-5,11H,2,6-10H2,1H3,(H2,15,16,18). The van der Waals surface area contributed by atoms with Gasteiger partial charge in [0.25, 0.3) is 0 Å². The van der Waals surface area contributed by atoms with Gasteiger partial charge in [0.1, 0.15) is 0 Å². The molecule has 5 nitrogen and oxygen atoms in total. The molecule has 1 heterocycles. The van der Waals surface area contributed by atoms with Gasteiger partial charge in [0.2, 0.25) is 0 Å². The van der Waals surface area contributed by atoms with Crippen LogP contribution in [0.3, 0.4) is 0 Å². The van der Waals surface area contributed by atoms with Crippen molar-refractivity contribution in [1.82, 2.24) is 5.32 Å². The largest absolute Gasteiger partial charge is 0.378 e. The molecule has 0 spiro atoms. The summed E-state index contributed by atoms with van der Waals surface area (Å²) >= 11 is 0. The van der Waals surface area contributed by atoms with E-state index in [1.54, 1.807) is 0 Å². The van der Waals surface area contributed by atoms with Crippen molar-refractivity contribution in [1.29, 1.82) is 0 Å². The van der Waals surface area contributed by atoms with E-state index in [0.29, 0.717) is 6.54 Å². The first kappa shape index (κ1) is 13.7. The van der Waals surface area contributed by atoms with Crippen molar-refractivity contribution in [3.63, 3.8) is 0 Å². The van der Waals surface area contributed by atoms with Gasteiger partial charge in [-0.05, 0) is 24.6 Å². The molecular weight excluding hydrogens is 242 g/mol. The number of hydrogen-bond acceptors (Lipinski definition) is 3. The van der Waals surface area contributed by atoms with Gasteiger partial charge in [-0.15, -0.1) is 0 Å². The molecule has 1 aromatic carbocycles. The van der Waals surface area contributed by atoms with Crippen LogP contribution in [0, 0.1) is 0 Å². The Hall–Kier alpha value is -1.75. The van der Waals surface area contributed by atoms with E-state index in [2.05, 4.69) is 21.6 Å². The van der Waals surface area contributed by atoms with Gasteiger partial charge in [-0.2, -0.15) is 0 Å². The number of ether oxygens (including phenoxy) is 1. The topological polar surface area (TPSA) is 53.6 Å². The highest BCUT2D eigenvalue weighted by Crippen LogP contribution is 2.20. The molecule has 2 rings (SSSR count). The van der Waals surface area contributed by atoms with E-state index >= 15 is 0 Å². The number of nitrogens with zero attached hydrogens (tertiary/aromatic N) is 1. The van der Waals surface area contributed by atoms with Crippen LogP contribution < -0.4 is 15.5 Å². The molecule has 2 N–H and O–H groups in total. The maximum absolute atomic E-state index is 11.6. The van der Waals surface area contributed by atoms with Crippen molar-refractivity contribution in [3.8, 4) is 0 Å². The number of benzene rings is 1. The number of urea groups is 1. The van der Waals surface area contributed by atoms with E-state index in [0.717, 1.165) is 44.1 Å². The molecule has 1 saturated heterocycles. The van der Waals surface area contributed by atoms with Gasteiger partial charge in [0.15, 0.2) is 0 Å². The van der Waals surface area contributed by atoms with Gasteiger partial charge in [-0.3, -0.25) is 0 Å². The average Bonchev–Trinajstić information content (AvgIpc) is 2.46. The number of amides is 2. The van der Waals surface area contributed by atoms with Crippen LogP contribution >= 0.6 is 0 Å². The van der Waals surface area contributed by atoms with Gasteiger partial charge < -0.3 is 20.3 Å². The summed E-state index contributed by atoms with van der Waals surface area (Å²) in [6.45, 7) is 6.02. The number of nitrogens with one attached hydrogen (secondary N) is 2. The molecule has 0 saturated carbocycles. The van der Waals surface area contributed by atoms with Crippen molar-refractivity contribution in [2.75, 3.05) is 43.1 Å². The van der Waals surface area contributed by atoms with Gasteiger partial charge in [0, 0.05) is 31.0 Å². The lowest BCUT2D eigenvalue weighted by Gasteiger charge is -2.29. The van der Waals surface area contributed by atoms with E-state index in [-0.39, 0.29) is 6.03 Å². The SMILES string of the molecule is CCCNC(=O)Nc1cccc(N2CCOCC2)c1. The van der Waals surface area contributed by atoms with Crippen LogP contribution in [0.25, 0.3) is 0 Å². The van der Waals surface area contributed by atoms with Crippen molar-refractivity contribution in [2.45, 2.75) is 13.3 Å². The van der Waals surface area contributed by atoms with Crippen LogP contribution in [0.15, 0.2) is 24.3 Å². The zero-order valence-electron chi connectivity index (χ0n) is 11.3. The van der Waals surface area contributed by atoms with E-state index in [1.807, 2.05) is 25.1 Å². The van der Waals surface area contributed by atoms with Crippen molar-refractivity contribution >= 4 is 17.4 Å². The Morgan fingerprint density at radius 2 is 2.16 bits per heavy atom. The highest BCUT2D eigenvalue weighted by molar-refractivity contribution is 5.89. The normalized spacial score (nSPS) is 15.1. The van der Waals surface area contributed by atoms with Gasteiger partial charge in [0.05, 0.1) is 13.2 Å². The summed E-state index contributed by atoms with van der Waals surface area (Å²) in [6, 6.07) is 7.76. The molecule has 5 heteroatoms. The molecule has 1 aliphatic rings. The lowest BCUT2D eigenvalue weighted by atomic mass is 10.2. The molecule has 0 radical (unpaired) electrons. The fourth-order valence-electron chi connectivity index (χ4n) is 2.02. The number of rotatable bonds is 4. The van der Waals surface area contributed by atoms with E-state index in [4.69, 9.17) is 4.74 Å². The van der Waals surface area contributed by atoms with Gasteiger partial charge >= 0.3 is 6.03 Å². The molecule has 0 aromatic heterocycles. The second-order valence-corrected chi connectivity index (χ2v) is 4.53. The molecule has 1 aliphatic heterocycles. The Labute approximate surface area is 113 Å². The minimum absolute atomic E-state index is 0.152. The summed E-state index contributed by atoms with van der Waals surface area (Å²) in [7, 11) is 0. The molecule has 1 fully saturated rings.